The number of ether oxygens (including phenoxy) is 1. The van der Waals surface area contributed by atoms with Crippen LogP contribution in [-0.4, -0.2) is 18.5 Å². The number of nitrogens with one attached hydrogen (secondary N) is 1. The van der Waals surface area contributed by atoms with Crippen LogP contribution in [0.3, 0.4) is 0 Å². The average molecular weight is 324 g/mol. The molecule has 1 saturated carbocycles. The fraction of sp³-hybridized carbons (Fsp3) is 0.529. The van der Waals surface area contributed by atoms with Gasteiger partial charge in [-0.1, -0.05) is 37.3 Å². The first kappa shape index (κ1) is 16.8. The molecule has 5 heteroatoms. The van der Waals surface area contributed by atoms with E-state index >= 15 is 0 Å². The zero-order valence-corrected chi connectivity index (χ0v) is 13.6. The number of hydrogen-bond acceptors (Lipinski definition) is 3. The molecule has 1 aromatic rings. The third-order valence-corrected chi connectivity index (χ3v) is 4.34. The molecule has 0 unspecified atom stereocenters. The third kappa shape index (κ3) is 4.73. The summed E-state index contributed by atoms with van der Waals surface area (Å²) < 4.78 is 4.95. The molecular formula is C17H22ClNO3. The van der Waals surface area contributed by atoms with Crippen molar-refractivity contribution in [3.63, 3.8) is 0 Å². The molecule has 1 aromatic carbocycles. The number of hydrogen-bond donors (Lipinski definition) is 1. The number of benzene rings is 1. The molecule has 22 heavy (non-hydrogen) atoms. The van der Waals surface area contributed by atoms with E-state index < -0.39 is 5.97 Å². The molecule has 1 N–H and O–H groups in total. The first-order valence-corrected chi connectivity index (χ1v) is 8.24. The zero-order chi connectivity index (χ0) is 15.9. The summed E-state index contributed by atoms with van der Waals surface area (Å²) in [5, 5.41) is 3.21. The SMILES string of the molecule is CCOC(=O)c1ccc(Cl)c(NC(=O)CCC2CCCC2)c1. The molecule has 0 saturated heterocycles. The van der Waals surface area contributed by atoms with Crippen molar-refractivity contribution in [3.05, 3.63) is 28.8 Å². The summed E-state index contributed by atoms with van der Waals surface area (Å²) in [6, 6.07) is 4.75. The highest BCUT2D eigenvalue weighted by molar-refractivity contribution is 6.33. The highest BCUT2D eigenvalue weighted by Crippen LogP contribution is 2.29. The van der Waals surface area contributed by atoms with Gasteiger partial charge in [0.2, 0.25) is 5.91 Å². The van der Waals surface area contributed by atoms with Crippen LogP contribution in [0, 0.1) is 5.92 Å². The Hall–Kier alpha value is -1.55. The van der Waals surface area contributed by atoms with E-state index in [4.69, 9.17) is 16.3 Å². The van der Waals surface area contributed by atoms with Gasteiger partial charge in [-0.25, -0.2) is 4.79 Å². The van der Waals surface area contributed by atoms with Gasteiger partial charge in [-0.3, -0.25) is 4.79 Å². The van der Waals surface area contributed by atoms with Gasteiger partial charge < -0.3 is 10.1 Å². The second-order valence-corrected chi connectivity index (χ2v) is 6.06. The fourth-order valence-electron chi connectivity index (χ4n) is 2.81. The van der Waals surface area contributed by atoms with E-state index in [0.717, 1.165) is 6.42 Å². The Labute approximate surface area is 136 Å². The largest absolute Gasteiger partial charge is 0.462 e. The lowest BCUT2D eigenvalue weighted by atomic mass is 10.0. The summed E-state index contributed by atoms with van der Waals surface area (Å²) >= 11 is 6.08. The number of carbonyl (C=O) groups excluding carboxylic acids is 2. The molecule has 4 nitrogen and oxygen atoms in total. The summed E-state index contributed by atoms with van der Waals surface area (Å²) in [6.07, 6.45) is 6.42. The number of esters is 1. The lowest BCUT2D eigenvalue weighted by Gasteiger charge is -2.11. The maximum Gasteiger partial charge on any atom is 0.338 e. The Kier molecular flexibility index (Phi) is 6.25. The second kappa shape index (κ2) is 8.18. The van der Waals surface area contributed by atoms with Crippen molar-refractivity contribution in [2.24, 2.45) is 5.92 Å². The van der Waals surface area contributed by atoms with Gasteiger partial charge in [0.15, 0.2) is 0 Å². The molecule has 0 bridgehead atoms. The molecule has 1 aliphatic carbocycles. The van der Waals surface area contributed by atoms with Crippen LogP contribution in [0.2, 0.25) is 5.02 Å². The molecule has 1 fully saturated rings. The van der Waals surface area contributed by atoms with Gasteiger partial charge >= 0.3 is 5.97 Å². The van der Waals surface area contributed by atoms with Gasteiger partial charge in [-0.15, -0.1) is 0 Å². The van der Waals surface area contributed by atoms with Crippen LogP contribution in [0.1, 0.15) is 55.8 Å². The molecule has 0 heterocycles. The first-order chi connectivity index (χ1) is 10.6. The summed E-state index contributed by atoms with van der Waals surface area (Å²) in [6.45, 7) is 2.06. The first-order valence-electron chi connectivity index (χ1n) is 7.86. The van der Waals surface area contributed by atoms with E-state index in [2.05, 4.69) is 5.32 Å². The van der Waals surface area contributed by atoms with Crippen molar-refractivity contribution in [2.75, 3.05) is 11.9 Å². The van der Waals surface area contributed by atoms with E-state index in [9.17, 15) is 9.59 Å². The van der Waals surface area contributed by atoms with Gasteiger partial charge in [0.25, 0.3) is 0 Å². The smallest absolute Gasteiger partial charge is 0.338 e. The van der Waals surface area contributed by atoms with Crippen LogP contribution in [0.25, 0.3) is 0 Å². The molecular weight excluding hydrogens is 302 g/mol. The Morgan fingerprint density at radius 3 is 2.73 bits per heavy atom. The standard InChI is InChI=1S/C17H22ClNO3/c1-2-22-17(21)13-8-9-14(18)15(11-13)19-16(20)10-7-12-5-3-4-6-12/h8-9,11-12H,2-7,10H2,1H3,(H,19,20). The predicted molar refractivity (Wildman–Crippen MR) is 87.2 cm³/mol. The van der Waals surface area contributed by atoms with E-state index in [0.29, 0.717) is 35.2 Å². The topological polar surface area (TPSA) is 55.4 Å². The molecule has 0 aliphatic heterocycles. The van der Waals surface area contributed by atoms with Crippen LogP contribution >= 0.6 is 11.6 Å². The zero-order valence-electron chi connectivity index (χ0n) is 12.9. The highest BCUT2D eigenvalue weighted by Gasteiger charge is 2.17. The lowest BCUT2D eigenvalue weighted by Crippen LogP contribution is -2.14. The Morgan fingerprint density at radius 1 is 1.32 bits per heavy atom. The summed E-state index contributed by atoms with van der Waals surface area (Å²) in [4.78, 5) is 23.8. The second-order valence-electron chi connectivity index (χ2n) is 5.65. The van der Waals surface area contributed by atoms with E-state index in [1.54, 1.807) is 25.1 Å². The van der Waals surface area contributed by atoms with Crippen LogP contribution < -0.4 is 5.32 Å². The van der Waals surface area contributed by atoms with Crippen molar-refractivity contribution in [2.45, 2.75) is 45.4 Å². The van der Waals surface area contributed by atoms with Gasteiger partial charge in [0.05, 0.1) is 22.9 Å². The fourth-order valence-corrected chi connectivity index (χ4v) is 2.97. The van der Waals surface area contributed by atoms with E-state index in [1.807, 2.05) is 0 Å². The van der Waals surface area contributed by atoms with E-state index in [-0.39, 0.29) is 5.91 Å². The average Bonchev–Trinajstić information content (AvgIpc) is 3.01. The van der Waals surface area contributed by atoms with Crippen molar-refractivity contribution in [3.8, 4) is 0 Å². The quantitative estimate of drug-likeness (QED) is 0.788. The van der Waals surface area contributed by atoms with E-state index in [1.165, 1.54) is 25.7 Å². The molecule has 0 radical (unpaired) electrons. The summed E-state index contributed by atoms with van der Waals surface area (Å²) in [5.41, 5.74) is 0.848. The Morgan fingerprint density at radius 2 is 2.05 bits per heavy atom. The highest BCUT2D eigenvalue weighted by atomic mass is 35.5. The minimum atomic E-state index is -0.416. The molecule has 1 amide bonds. The number of amides is 1. The van der Waals surface area contributed by atoms with Crippen molar-refractivity contribution in [1.82, 2.24) is 0 Å². The monoisotopic (exact) mass is 323 g/mol. The van der Waals surface area contributed by atoms with Gasteiger partial charge in [0.1, 0.15) is 0 Å². The van der Waals surface area contributed by atoms with Gasteiger partial charge in [0, 0.05) is 6.42 Å². The van der Waals surface area contributed by atoms with Crippen molar-refractivity contribution in [1.29, 1.82) is 0 Å². The molecule has 1 aliphatic rings. The predicted octanol–water partition coefficient (Wildman–Crippen LogP) is 4.43. The minimum Gasteiger partial charge on any atom is -0.462 e. The number of anilines is 1. The molecule has 2 rings (SSSR count). The molecule has 0 atom stereocenters. The third-order valence-electron chi connectivity index (χ3n) is 4.01. The molecule has 120 valence electrons. The van der Waals surface area contributed by atoms with Crippen LogP contribution in [0.15, 0.2) is 18.2 Å². The lowest BCUT2D eigenvalue weighted by molar-refractivity contribution is -0.116. The maximum atomic E-state index is 12.0. The molecule has 0 spiro atoms. The van der Waals surface area contributed by atoms with Crippen molar-refractivity contribution < 1.29 is 14.3 Å². The normalized spacial score (nSPS) is 14.8. The Bertz CT molecular complexity index is 539. The number of halogens is 1. The van der Waals surface area contributed by atoms with Crippen molar-refractivity contribution >= 4 is 29.2 Å². The van der Waals surface area contributed by atoms with Gasteiger partial charge in [-0.05, 0) is 37.5 Å². The minimum absolute atomic E-state index is 0.0604. The maximum absolute atomic E-state index is 12.0. The van der Waals surface area contributed by atoms with Gasteiger partial charge in [-0.2, -0.15) is 0 Å². The summed E-state index contributed by atoms with van der Waals surface area (Å²) in [5.74, 6) is 0.197. The number of rotatable bonds is 6. The molecule has 0 aromatic heterocycles. The van der Waals surface area contributed by atoms with Crippen LogP contribution in [0.4, 0.5) is 5.69 Å². The Balaban J connectivity index is 1.93. The van der Waals surface area contributed by atoms with Crippen LogP contribution in [-0.2, 0) is 9.53 Å². The van der Waals surface area contributed by atoms with Crippen LogP contribution in [0.5, 0.6) is 0 Å². The number of carbonyl (C=O) groups is 2. The summed E-state index contributed by atoms with van der Waals surface area (Å²) in [7, 11) is 0.